The van der Waals surface area contributed by atoms with Crippen LogP contribution in [-0.2, 0) is 4.79 Å². The fourth-order valence-electron chi connectivity index (χ4n) is 2.19. The van der Waals surface area contributed by atoms with Gasteiger partial charge in [-0.05, 0) is 37.6 Å². The Morgan fingerprint density at radius 3 is 2.58 bits per heavy atom. The summed E-state index contributed by atoms with van der Waals surface area (Å²) in [7, 11) is 0. The number of likely N-dealkylation sites (tertiary alicyclic amines) is 1. The van der Waals surface area contributed by atoms with Crippen LogP contribution in [0.4, 0.5) is 0 Å². The van der Waals surface area contributed by atoms with Crippen LogP contribution in [0.1, 0.15) is 23.7 Å². The molecule has 1 heterocycles. The van der Waals surface area contributed by atoms with Gasteiger partial charge in [-0.2, -0.15) is 0 Å². The number of hydrogen-bond donors (Lipinski definition) is 1. The Morgan fingerprint density at radius 2 is 2.05 bits per heavy atom. The van der Waals surface area contributed by atoms with Crippen LogP contribution in [0.2, 0.25) is 0 Å². The maximum absolute atomic E-state index is 12.2. The summed E-state index contributed by atoms with van der Waals surface area (Å²) in [4.78, 5) is 24.6. The van der Waals surface area contributed by atoms with E-state index in [4.69, 9.17) is 9.84 Å². The van der Waals surface area contributed by atoms with E-state index in [2.05, 4.69) is 0 Å². The topological polar surface area (TPSA) is 66.8 Å². The van der Waals surface area contributed by atoms with Crippen LogP contribution in [0, 0.1) is 5.92 Å². The van der Waals surface area contributed by atoms with Gasteiger partial charge in [-0.1, -0.05) is 0 Å². The highest BCUT2D eigenvalue weighted by molar-refractivity contribution is 5.94. The van der Waals surface area contributed by atoms with Gasteiger partial charge in [0.1, 0.15) is 5.75 Å². The quantitative estimate of drug-likeness (QED) is 0.896. The first-order valence-corrected chi connectivity index (χ1v) is 6.36. The highest BCUT2D eigenvalue weighted by Gasteiger charge is 2.31. The summed E-state index contributed by atoms with van der Waals surface area (Å²) in [5.41, 5.74) is 0.564. The largest absolute Gasteiger partial charge is 0.494 e. The lowest BCUT2D eigenvalue weighted by molar-refractivity contribution is -0.141. The van der Waals surface area contributed by atoms with E-state index in [1.54, 1.807) is 29.2 Å². The number of carbonyl (C=O) groups excluding carboxylic acids is 1. The standard InChI is InChI=1S/C14H17NO4/c1-2-19-12-5-3-10(4-6-12)13(16)15-8-7-11(9-15)14(17)18/h3-6,11H,2,7-9H2,1H3,(H,17,18). The molecule has 2 rings (SSSR count). The van der Waals surface area contributed by atoms with E-state index in [9.17, 15) is 9.59 Å². The number of amides is 1. The molecule has 1 aliphatic heterocycles. The minimum Gasteiger partial charge on any atom is -0.494 e. The van der Waals surface area contributed by atoms with Crippen LogP contribution in [0.25, 0.3) is 0 Å². The van der Waals surface area contributed by atoms with Crippen LogP contribution < -0.4 is 4.74 Å². The first-order valence-electron chi connectivity index (χ1n) is 6.36. The molecular weight excluding hydrogens is 246 g/mol. The van der Waals surface area contributed by atoms with E-state index in [-0.39, 0.29) is 5.91 Å². The molecule has 0 aliphatic carbocycles. The summed E-state index contributed by atoms with van der Waals surface area (Å²) >= 11 is 0. The molecule has 1 amide bonds. The number of hydrogen-bond acceptors (Lipinski definition) is 3. The van der Waals surface area contributed by atoms with Gasteiger partial charge < -0.3 is 14.7 Å². The Morgan fingerprint density at radius 1 is 1.37 bits per heavy atom. The fourth-order valence-corrected chi connectivity index (χ4v) is 2.19. The van der Waals surface area contributed by atoms with Gasteiger partial charge in [-0.25, -0.2) is 0 Å². The van der Waals surface area contributed by atoms with Crippen molar-refractivity contribution in [1.29, 1.82) is 0 Å². The lowest BCUT2D eigenvalue weighted by atomic mass is 10.1. The maximum Gasteiger partial charge on any atom is 0.308 e. The van der Waals surface area contributed by atoms with E-state index in [1.165, 1.54) is 0 Å². The third-order valence-electron chi connectivity index (χ3n) is 3.24. The van der Waals surface area contributed by atoms with Crippen LogP contribution in [0.15, 0.2) is 24.3 Å². The lowest BCUT2D eigenvalue weighted by Crippen LogP contribution is -2.29. The smallest absolute Gasteiger partial charge is 0.308 e. The average Bonchev–Trinajstić information content (AvgIpc) is 2.89. The zero-order valence-electron chi connectivity index (χ0n) is 10.8. The zero-order chi connectivity index (χ0) is 13.8. The molecule has 1 aromatic rings. The molecule has 1 saturated heterocycles. The van der Waals surface area contributed by atoms with Gasteiger partial charge in [0.2, 0.25) is 0 Å². The molecule has 5 nitrogen and oxygen atoms in total. The van der Waals surface area contributed by atoms with Gasteiger partial charge in [-0.15, -0.1) is 0 Å². The summed E-state index contributed by atoms with van der Waals surface area (Å²) in [6, 6.07) is 6.92. The van der Waals surface area contributed by atoms with Crippen molar-refractivity contribution in [1.82, 2.24) is 4.90 Å². The molecule has 1 unspecified atom stereocenters. The molecule has 0 radical (unpaired) electrons. The van der Waals surface area contributed by atoms with Crippen LogP contribution in [-0.4, -0.2) is 41.6 Å². The summed E-state index contributed by atoms with van der Waals surface area (Å²) in [6.45, 7) is 3.28. The third kappa shape index (κ3) is 3.05. The molecule has 19 heavy (non-hydrogen) atoms. The first kappa shape index (κ1) is 13.4. The Kier molecular flexibility index (Phi) is 4.04. The van der Waals surface area contributed by atoms with Crippen molar-refractivity contribution in [3.63, 3.8) is 0 Å². The summed E-state index contributed by atoms with van der Waals surface area (Å²) in [6.07, 6.45) is 0.526. The molecule has 102 valence electrons. The monoisotopic (exact) mass is 263 g/mol. The molecule has 0 aromatic heterocycles. The molecule has 5 heteroatoms. The Hall–Kier alpha value is -2.04. The van der Waals surface area contributed by atoms with E-state index in [1.807, 2.05) is 6.92 Å². The molecule has 1 aliphatic rings. The number of aliphatic carboxylic acids is 1. The maximum atomic E-state index is 12.2. The SMILES string of the molecule is CCOc1ccc(C(=O)N2CCC(C(=O)O)C2)cc1. The number of carboxylic acid groups (broad SMARTS) is 1. The van der Waals surface area contributed by atoms with Crippen molar-refractivity contribution < 1.29 is 19.4 Å². The van der Waals surface area contributed by atoms with Crippen molar-refractivity contribution in [2.24, 2.45) is 5.92 Å². The number of carbonyl (C=O) groups is 2. The van der Waals surface area contributed by atoms with Gasteiger partial charge in [0, 0.05) is 18.7 Å². The van der Waals surface area contributed by atoms with Crippen molar-refractivity contribution in [3.05, 3.63) is 29.8 Å². The number of carboxylic acids is 1. The summed E-state index contributed by atoms with van der Waals surface area (Å²) in [5.74, 6) is -0.663. The second-order valence-electron chi connectivity index (χ2n) is 4.53. The van der Waals surface area contributed by atoms with Crippen molar-refractivity contribution in [3.8, 4) is 5.75 Å². The minimum absolute atomic E-state index is 0.119. The second-order valence-corrected chi connectivity index (χ2v) is 4.53. The Bertz CT molecular complexity index is 469. The van der Waals surface area contributed by atoms with Crippen molar-refractivity contribution in [2.75, 3.05) is 19.7 Å². The Balaban J connectivity index is 2.02. The van der Waals surface area contributed by atoms with Gasteiger partial charge in [-0.3, -0.25) is 9.59 Å². The molecule has 1 atom stereocenters. The number of benzene rings is 1. The molecule has 1 N–H and O–H groups in total. The molecule has 0 saturated carbocycles. The molecule has 1 fully saturated rings. The molecule has 0 bridgehead atoms. The second kappa shape index (κ2) is 5.73. The first-order chi connectivity index (χ1) is 9.11. The number of rotatable bonds is 4. The molecule has 0 spiro atoms. The number of ether oxygens (including phenoxy) is 1. The van der Waals surface area contributed by atoms with Crippen LogP contribution in [0.5, 0.6) is 5.75 Å². The summed E-state index contributed by atoms with van der Waals surface area (Å²) < 4.78 is 5.31. The predicted molar refractivity (Wildman–Crippen MR) is 69.3 cm³/mol. The van der Waals surface area contributed by atoms with Gasteiger partial charge in [0.15, 0.2) is 0 Å². The van der Waals surface area contributed by atoms with Gasteiger partial charge >= 0.3 is 5.97 Å². The highest BCUT2D eigenvalue weighted by Crippen LogP contribution is 2.20. The van der Waals surface area contributed by atoms with E-state index in [0.717, 1.165) is 5.75 Å². The van der Waals surface area contributed by atoms with Gasteiger partial charge in [0.25, 0.3) is 5.91 Å². The number of nitrogens with zero attached hydrogens (tertiary/aromatic N) is 1. The van der Waals surface area contributed by atoms with Crippen LogP contribution in [0.3, 0.4) is 0 Å². The van der Waals surface area contributed by atoms with Crippen molar-refractivity contribution >= 4 is 11.9 Å². The molecular formula is C14H17NO4. The lowest BCUT2D eigenvalue weighted by Gasteiger charge is -2.16. The van der Waals surface area contributed by atoms with Crippen molar-refractivity contribution in [2.45, 2.75) is 13.3 Å². The van der Waals surface area contributed by atoms with E-state index < -0.39 is 11.9 Å². The minimum atomic E-state index is -0.831. The van der Waals surface area contributed by atoms with E-state index >= 15 is 0 Å². The average molecular weight is 263 g/mol. The normalized spacial score (nSPS) is 18.4. The zero-order valence-corrected chi connectivity index (χ0v) is 10.8. The van der Waals surface area contributed by atoms with Gasteiger partial charge in [0.05, 0.1) is 12.5 Å². The van der Waals surface area contributed by atoms with Crippen LogP contribution >= 0.6 is 0 Å². The highest BCUT2D eigenvalue weighted by atomic mass is 16.5. The fraction of sp³-hybridized carbons (Fsp3) is 0.429. The Labute approximate surface area is 111 Å². The third-order valence-corrected chi connectivity index (χ3v) is 3.24. The summed E-state index contributed by atoms with van der Waals surface area (Å²) in [5, 5.41) is 8.92. The van der Waals surface area contributed by atoms with E-state index in [0.29, 0.717) is 31.7 Å². The molecule has 1 aromatic carbocycles. The predicted octanol–water partition coefficient (Wildman–Crippen LogP) is 1.63.